The van der Waals surface area contributed by atoms with E-state index in [4.69, 9.17) is 0 Å². The highest BCUT2D eigenvalue weighted by Gasteiger charge is 2.05. The van der Waals surface area contributed by atoms with E-state index in [1.165, 1.54) is 5.56 Å². The highest BCUT2D eigenvalue weighted by molar-refractivity contribution is 7.99. The molecule has 2 heterocycles. The Morgan fingerprint density at radius 2 is 2.05 bits per heavy atom. The fourth-order valence-corrected chi connectivity index (χ4v) is 2.32. The maximum atomic E-state index is 4.47. The molecule has 0 amide bonds. The number of hydrogen-bond acceptors (Lipinski definition) is 5. The predicted octanol–water partition coefficient (Wildman–Crippen LogP) is 3.08. The molecule has 100 valence electrons. The summed E-state index contributed by atoms with van der Waals surface area (Å²) in [6, 6.07) is 6.37. The highest BCUT2D eigenvalue weighted by Crippen LogP contribution is 2.24. The van der Waals surface area contributed by atoms with Gasteiger partial charge in [0.2, 0.25) is 0 Å². The van der Waals surface area contributed by atoms with E-state index in [1.54, 1.807) is 24.3 Å². The molecule has 0 aliphatic rings. The summed E-state index contributed by atoms with van der Waals surface area (Å²) in [5.74, 6) is 0. The largest absolute Gasteiger partial charge is 0.310 e. The van der Waals surface area contributed by atoms with Gasteiger partial charge in [0, 0.05) is 18.4 Å². The van der Waals surface area contributed by atoms with Crippen LogP contribution >= 0.6 is 11.8 Å². The Kier molecular flexibility index (Phi) is 5.30. The summed E-state index contributed by atoms with van der Waals surface area (Å²) in [6.45, 7) is 5.35. The Labute approximate surface area is 118 Å². The van der Waals surface area contributed by atoms with Gasteiger partial charge in [-0.15, -0.1) is 0 Å². The zero-order chi connectivity index (χ0) is 13.5. The van der Waals surface area contributed by atoms with Crippen molar-refractivity contribution in [1.82, 2.24) is 20.3 Å². The summed E-state index contributed by atoms with van der Waals surface area (Å²) in [6.07, 6.45) is 6.35. The van der Waals surface area contributed by atoms with Crippen molar-refractivity contribution in [2.75, 3.05) is 6.54 Å². The molecule has 4 nitrogen and oxygen atoms in total. The summed E-state index contributed by atoms with van der Waals surface area (Å²) < 4.78 is 0. The lowest BCUT2D eigenvalue weighted by atomic mass is 10.1. The van der Waals surface area contributed by atoms with E-state index < -0.39 is 0 Å². The highest BCUT2D eigenvalue weighted by atomic mass is 32.2. The molecular formula is C14H18N4S. The van der Waals surface area contributed by atoms with Crippen LogP contribution in [0.5, 0.6) is 0 Å². The van der Waals surface area contributed by atoms with Crippen molar-refractivity contribution in [1.29, 1.82) is 0 Å². The Hall–Kier alpha value is -1.46. The number of rotatable bonds is 6. The van der Waals surface area contributed by atoms with Gasteiger partial charge in [0.1, 0.15) is 16.4 Å². The number of nitrogens with zero attached hydrogens (tertiary/aromatic N) is 3. The van der Waals surface area contributed by atoms with Crippen molar-refractivity contribution in [3.8, 4) is 0 Å². The van der Waals surface area contributed by atoms with Gasteiger partial charge in [-0.1, -0.05) is 13.0 Å². The fraction of sp³-hybridized carbons (Fsp3) is 0.357. The summed E-state index contributed by atoms with van der Waals surface area (Å²) in [4.78, 5) is 12.5. The summed E-state index contributed by atoms with van der Waals surface area (Å²) in [5, 5.41) is 5.31. The van der Waals surface area contributed by atoms with Crippen LogP contribution in [-0.4, -0.2) is 21.5 Å². The molecule has 0 aliphatic heterocycles. The molecule has 0 bridgehead atoms. The van der Waals surface area contributed by atoms with Crippen LogP contribution in [0.2, 0.25) is 0 Å². The smallest absolute Gasteiger partial charge is 0.116 e. The molecule has 0 radical (unpaired) electrons. The molecule has 1 N–H and O–H groups in total. The van der Waals surface area contributed by atoms with Crippen molar-refractivity contribution in [3.63, 3.8) is 0 Å². The predicted molar refractivity (Wildman–Crippen MR) is 77.1 cm³/mol. The summed E-state index contributed by atoms with van der Waals surface area (Å²) >= 11 is 1.54. The average Bonchev–Trinajstić information content (AvgIpc) is 2.46. The fourth-order valence-electron chi connectivity index (χ4n) is 1.63. The van der Waals surface area contributed by atoms with Gasteiger partial charge in [-0.05, 0) is 49.3 Å². The van der Waals surface area contributed by atoms with E-state index in [0.717, 1.165) is 23.0 Å². The van der Waals surface area contributed by atoms with Crippen molar-refractivity contribution >= 4 is 11.8 Å². The Bertz CT molecular complexity index is 487. The van der Waals surface area contributed by atoms with Gasteiger partial charge >= 0.3 is 0 Å². The Morgan fingerprint density at radius 1 is 1.21 bits per heavy atom. The van der Waals surface area contributed by atoms with Gasteiger partial charge in [-0.3, -0.25) is 0 Å². The number of hydrogen-bond donors (Lipinski definition) is 1. The molecule has 0 aliphatic carbocycles. The molecule has 0 fully saturated rings. The van der Waals surface area contributed by atoms with Crippen molar-refractivity contribution in [3.05, 3.63) is 42.5 Å². The lowest BCUT2D eigenvalue weighted by Crippen LogP contribution is -2.19. The summed E-state index contributed by atoms with van der Waals surface area (Å²) in [5.41, 5.74) is 1.21. The SMILES string of the molecule is CCCNC(C)c1ccc(Sc2ccncn2)nc1. The first-order chi connectivity index (χ1) is 9.29. The molecule has 19 heavy (non-hydrogen) atoms. The lowest BCUT2D eigenvalue weighted by molar-refractivity contribution is 0.568. The zero-order valence-corrected chi connectivity index (χ0v) is 12.0. The van der Waals surface area contributed by atoms with E-state index in [0.29, 0.717) is 6.04 Å². The van der Waals surface area contributed by atoms with E-state index in [2.05, 4.69) is 40.2 Å². The third-order valence-electron chi connectivity index (χ3n) is 2.72. The summed E-state index contributed by atoms with van der Waals surface area (Å²) in [7, 11) is 0. The molecule has 0 spiro atoms. The Balaban J connectivity index is 1.98. The molecular weight excluding hydrogens is 256 g/mol. The minimum absolute atomic E-state index is 0.338. The van der Waals surface area contributed by atoms with E-state index in [1.807, 2.05) is 18.3 Å². The van der Waals surface area contributed by atoms with Crippen molar-refractivity contribution in [2.24, 2.45) is 0 Å². The number of pyridine rings is 1. The molecule has 2 rings (SSSR count). The minimum atomic E-state index is 0.338. The first kappa shape index (κ1) is 14.0. The third kappa shape index (κ3) is 4.29. The average molecular weight is 274 g/mol. The van der Waals surface area contributed by atoms with Crippen LogP contribution in [0, 0.1) is 0 Å². The van der Waals surface area contributed by atoms with Gasteiger partial charge in [-0.25, -0.2) is 15.0 Å². The molecule has 5 heteroatoms. The second kappa shape index (κ2) is 7.21. The molecule has 2 aromatic rings. The van der Waals surface area contributed by atoms with Crippen LogP contribution in [0.1, 0.15) is 31.9 Å². The van der Waals surface area contributed by atoms with Gasteiger partial charge in [-0.2, -0.15) is 0 Å². The lowest BCUT2D eigenvalue weighted by Gasteiger charge is -2.13. The van der Waals surface area contributed by atoms with Crippen LogP contribution in [-0.2, 0) is 0 Å². The van der Waals surface area contributed by atoms with Crippen LogP contribution in [0.3, 0.4) is 0 Å². The number of nitrogens with one attached hydrogen (secondary N) is 1. The van der Waals surface area contributed by atoms with Crippen LogP contribution in [0.25, 0.3) is 0 Å². The second-order valence-electron chi connectivity index (χ2n) is 4.26. The van der Waals surface area contributed by atoms with Crippen molar-refractivity contribution < 1.29 is 0 Å². The van der Waals surface area contributed by atoms with E-state index in [9.17, 15) is 0 Å². The Morgan fingerprint density at radius 3 is 2.68 bits per heavy atom. The first-order valence-electron chi connectivity index (χ1n) is 6.42. The standard InChI is InChI=1S/C14H18N4S/c1-3-7-16-11(2)12-4-5-13(17-9-12)19-14-6-8-15-10-18-14/h4-6,8-11,16H,3,7H2,1-2H3. The molecule has 0 aromatic carbocycles. The minimum Gasteiger partial charge on any atom is -0.310 e. The molecule has 1 atom stereocenters. The maximum Gasteiger partial charge on any atom is 0.116 e. The normalized spacial score (nSPS) is 12.3. The van der Waals surface area contributed by atoms with E-state index >= 15 is 0 Å². The van der Waals surface area contributed by atoms with Crippen LogP contribution in [0.4, 0.5) is 0 Å². The number of aromatic nitrogens is 3. The van der Waals surface area contributed by atoms with Crippen LogP contribution < -0.4 is 5.32 Å². The van der Waals surface area contributed by atoms with Gasteiger partial charge in [0.15, 0.2) is 0 Å². The molecule has 0 saturated heterocycles. The van der Waals surface area contributed by atoms with E-state index in [-0.39, 0.29) is 0 Å². The molecule has 2 aromatic heterocycles. The second-order valence-corrected chi connectivity index (χ2v) is 5.30. The third-order valence-corrected chi connectivity index (χ3v) is 3.62. The maximum absolute atomic E-state index is 4.47. The van der Waals surface area contributed by atoms with Gasteiger partial charge < -0.3 is 5.32 Å². The van der Waals surface area contributed by atoms with Gasteiger partial charge in [0.05, 0.1) is 0 Å². The zero-order valence-electron chi connectivity index (χ0n) is 11.2. The topological polar surface area (TPSA) is 50.7 Å². The van der Waals surface area contributed by atoms with Gasteiger partial charge in [0.25, 0.3) is 0 Å². The molecule has 1 unspecified atom stereocenters. The van der Waals surface area contributed by atoms with Crippen LogP contribution in [0.15, 0.2) is 47.0 Å². The monoisotopic (exact) mass is 274 g/mol. The van der Waals surface area contributed by atoms with Crippen molar-refractivity contribution in [2.45, 2.75) is 36.4 Å². The molecule has 0 saturated carbocycles. The quantitative estimate of drug-likeness (QED) is 0.820. The first-order valence-corrected chi connectivity index (χ1v) is 7.24.